The third kappa shape index (κ3) is 5.12. The second-order valence-corrected chi connectivity index (χ2v) is 10.8. The lowest BCUT2D eigenvalue weighted by Crippen LogP contribution is -2.18. The Kier molecular flexibility index (Phi) is 6.79. The number of nitrogens with zero attached hydrogens (tertiary/aromatic N) is 2. The lowest BCUT2D eigenvalue weighted by molar-refractivity contribution is 0.101. The smallest absolute Gasteiger partial charge is 0.272 e. The largest absolute Gasteiger partial charge is 0.326 e. The lowest BCUT2D eigenvalue weighted by atomic mass is 10.2. The molecule has 0 saturated heterocycles. The molecule has 4 aromatic rings. The topological polar surface area (TPSA) is 93.1 Å². The summed E-state index contributed by atoms with van der Waals surface area (Å²) in [6, 6.07) is 17.5. The summed E-state index contributed by atoms with van der Waals surface area (Å²) in [6.45, 7) is 0.488. The first kappa shape index (κ1) is 22.7. The van der Waals surface area contributed by atoms with Crippen LogP contribution in [0.15, 0.2) is 86.2 Å². The Morgan fingerprint density at radius 3 is 2.56 bits per heavy atom. The van der Waals surface area contributed by atoms with E-state index in [-0.39, 0.29) is 15.9 Å². The summed E-state index contributed by atoms with van der Waals surface area (Å²) in [7, 11) is -3.83. The number of carbonyl (C=O) groups excluding carboxylic acids is 1. The molecule has 0 aliphatic heterocycles. The van der Waals surface area contributed by atoms with Gasteiger partial charge < -0.3 is 9.88 Å². The van der Waals surface area contributed by atoms with Crippen LogP contribution in [0.2, 0.25) is 0 Å². The number of anilines is 2. The maximum absolute atomic E-state index is 13.1. The molecule has 0 aliphatic carbocycles. The van der Waals surface area contributed by atoms with Gasteiger partial charge in [0.05, 0.1) is 14.0 Å². The second kappa shape index (κ2) is 9.57. The summed E-state index contributed by atoms with van der Waals surface area (Å²) in [6.07, 6.45) is 1.51. The third-order valence-electron chi connectivity index (χ3n) is 4.46. The van der Waals surface area contributed by atoms with Crippen molar-refractivity contribution < 1.29 is 13.2 Å². The fourth-order valence-electron chi connectivity index (χ4n) is 2.98. The van der Waals surface area contributed by atoms with Gasteiger partial charge in [0.1, 0.15) is 5.69 Å². The molecule has 32 heavy (non-hydrogen) atoms. The van der Waals surface area contributed by atoms with Gasteiger partial charge in [0.15, 0.2) is 5.13 Å². The molecular formula is C21H16Br2N4O3S2. The van der Waals surface area contributed by atoms with Crippen LogP contribution >= 0.6 is 43.2 Å². The highest BCUT2D eigenvalue weighted by molar-refractivity contribution is 9.13. The Morgan fingerprint density at radius 1 is 1.06 bits per heavy atom. The van der Waals surface area contributed by atoms with Gasteiger partial charge >= 0.3 is 0 Å². The molecule has 0 unspecified atom stereocenters. The molecule has 0 fully saturated rings. The van der Waals surface area contributed by atoms with Gasteiger partial charge in [0, 0.05) is 23.8 Å². The Balaban J connectivity index is 1.57. The monoisotopic (exact) mass is 594 g/mol. The number of thiazole rings is 1. The van der Waals surface area contributed by atoms with Crippen molar-refractivity contribution in [3.8, 4) is 0 Å². The number of halogens is 2. The third-order valence-corrected chi connectivity index (χ3v) is 8.61. The highest BCUT2D eigenvalue weighted by Gasteiger charge is 2.20. The minimum atomic E-state index is -3.83. The molecule has 7 nitrogen and oxygen atoms in total. The zero-order valence-electron chi connectivity index (χ0n) is 16.3. The molecule has 0 spiro atoms. The quantitative estimate of drug-likeness (QED) is 0.292. The first-order chi connectivity index (χ1) is 15.3. The number of hydrogen-bond donors (Lipinski definition) is 2. The Labute approximate surface area is 205 Å². The van der Waals surface area contributed by atoms with Crippen LogP contribution in [-0.2, 0) is 16.6 Å². The molecule has 0 aliphatic rings. The standard InChI is InChI=1S/C21H16Br2N4O3S2/c22-17-12-18(27(19(17)23)13-14-5-2-1-3-6-14)20(28)25-15-7-4-8-16(11-15)32(29,30)26-21-24-9-10-31-21/h1-12H,13H2,(H,24,26)(H,25,28). The average Bonchev–Trinajstić information content (AvgIpc) is 3.38. The zero-order valence-corrected chi connectivity index (χ0v) is 21.1. The van der Waals surface area contributed by atoms with Crippen molar-refractivity contribution in [2.24, 2.45) is 0 Å². The number of amides is 1. The minimum Gasteiger partial charge on any atom is -0.326 e. The van der Waals surface area contributed by atoms with Crippen molar-refractivity contribution >= 4 is 69.9 Å². The lowest BCUT2D eigenvalue weighted by Gasteiger charge is -2.12. The summed E-state index contributed by atoms with van der Waals surface area (Å²) >= 11 is 8.16. The van der Waals surface area contributed by atoms with Crippen molar-refractivity contribution in [3.63, 3.8) is 0 Å². The SMILES string of the molecule is O=C(Nc1cccc(S(=O)(=O)Nc2nccs2)c1)c1cc(Br)c(Br)n1Cc1ccccc1. The second-order valence-electron chi connectivity index (χ2n) is 6.66. The first-order valence-electron chi connectivity index (χ1n) is 9.26. The van der Waals surface area contributed by atoms with E-state index in [2.05, 4.69) is 46.9 Å². The fourth-order valence-corrected chi connectivity index (χ4v) is 5.68. The van der Waals surface area contributed by atoms with E-state index in [1.807, 2.05) is 34.9 Å². The Bertz CT molecular complexity index is 1360. The predicted molar refractivity (Wildman–Crippen MR) is 133 cm³/mol. The van der Waals surface area contributed by atoms with E-state index >= 15 is 0 Å². The fraction of sp³-hybridized carbons (Fsp3) is 0.0476. The van der Waals surface area contributed by atoms with Crippen molar-refractivity contribution in [2.75, 3.05) is 10.0 Å². The van der Waals surface area contributed by atoms with Crippen LogP contribution in [0.3, 0.4) is 0 Å². The molecule has 0 saturated carbocycles. The highest BCUT2D eigenvalue weighted by atomic mass is 79.9. The molecule has 1 amide bonds. The van der Waals surface area contributed by atoms with Crippen molar-refractivity contribution in [2.45, 2.75) is 11.4 Å². The highest BCUT2D eigenvalue weighted by Crippen LogP contribution is 2.29. The molecule has 0 bridgehead atoms. The molecule has 11 heteroatoms. The summed E-state index contributed by atoms with van der Waals surface area (Å²) in [5.41, 5.74) is 1.81. The van der Waals surface area contributed by atoms with Crippen LogP contribution in [0.5, 0.6) is 0 Å². The van der Waals surface area contributed by atoms with Crippen LogP contribution in [0.4, 0.5) is 10.8 Å². The molecule has 0 atom stereocenters. The van der Waals surface area contributed by atoms with Gasteiger partial charge in [-0.15, -0.1) is 11.3 Å². The maximum atomic E-state index is 13.1. The average molecular weight is 596 g/mol. The van der Waals surface area contributed by atoms with Crippen LogP contribution < -0.4 is 10.0 Å². The Morgan fingerprint density at radius 2 is 1.84 bits per heavy atom. The molecule has 2 N–H and O–H groups in total. The number of rotatable bonds is 7. The molecular weight excluding hydrogens is 580 g/mol. The van der Waals surface area contributed by atoms with Crippen molar-refractivity contribution in [3.05, 3.63) is 92.6 Å². The van der Waals surface area contributed by atoms with E-state index in [1.54, 1.807) is 23.6 Å². The molecule has 4 rings (SSSR count). The number of carbonyl (C=O) groups is 1. The molecule has 2 heterocycles. The molecule has 0 radical (unpaired) electrons. The van der Waals surface area contributed by atoms with Crippen LogP contribution in [0.1, 0.15) is 16.1 Å². The number of benzene rings is 2. The van der Waals surface area contributed by atoms with Crippen molar-refractivity contribution in [1.82, 2.24) is 9.55 Å². The summed E-state index contributed by atoms with van der Waals surface area (Å²) < 4.78 is 31.0. The normalized spacial score (nSPS) is 11.3. The number of aromatic nitrogens is 2. The first-order valence-corrected chi connectivity index (χ1v) is 13.2. The number of hydrogen-bond acceptors (Lipinski definition) is 5. The number of sulfonamides is 1. The van der Waals surface area contributed by atoms with E-state index < -0.39 is 10.0 Å². The van der Waals surface area contributed by atoms with Gasteiger partial charge in [0.25, 0.3) is 15.9 Å². The molecule has 2 aromatic heterocycles. The van der Waals surface area contributed by atoms with E-state index in [9.17, 15) is 13.2 Å². The van der Waals surface area contributed by atoms with Gasteiger partial charge in [-0.2, -0.15) is 0 Å². The van der Waals surface area contributed by atoms with Crippen LogP contribution in [-0.4, -0.2) is 23.9 Å². The van der Waals surface area contributed by atoms with Crippen LogP contribution in [0.25, 0.3) is 0 Å². The molecule has 164 valence electrons. The minimum absolute atomic E-state index is 0.0209. The van der Waals surface area contributed by atoms with Gasteiger partial charge in [-0.1, -0.05) is 36.4 Å². The van der Waals surface area contributed by atoms with E-state index in [1.165, 1.54) is 29.7 Å². The van der Waals surface area contributed by atoms with Gasteiger partial charge in [-0.05, 0) is 61.7 Å². The summed E-state index contributed by atoms with van der Waals surface area (Å²) in [5.74, 6) is -0.366. The zero-order chi connectivity index (χ0) is 22.7. The Hall–Kier alpha value is -2.47. The van der Waals surface area contributed by atoms with Gasteiger partial charge in [-0.3, -0.25) is 9.52 Å². The van der Waals surface area contributed by atoms with Crippen molar-refractivity contribution in [1.29, 1.82) is 0 Å². The maximum Gasteiger partial charge on any atom is 0.272 e. The van der Waals surface area contributed by atoms with Crippen LogP contribution in [0, 0.1) is 0 Å². The number of nitrogens with one attached hydrogen (secondary N) is 2. The van der Waals surface area contributed by atoms with Gasteiger partial charge in [0.2, 0.25) is 0 Å². The van der Waals surface area contributed by atoms with E-state index in [4.69, 9.17) is 0 Å². The molecule has 2 aromatic carbocycles. The predicted octanol–water partition coefficient (Wildman–Crippen LogP) is 5.57. The van der Waals surface area contributed by atoms with Gasteiger partial charge in [-0.25, -0.2) is 13.4 Å². The van der Waals surface area contributed by atoms with E-state index in [0.717, 1.165) is 14.6 Å². The van der Waals surface area contributed by atoms with E-state index in [0.29, 0.717) is 17.9 Å². The summed E-state index contributed by atoms with van der Waals surface area (Å²) in [4.78, 5) is 17.0. The summed E-state index contributed by atoms with van der Waals surface area (Å²) in [5, 5.41) is 4.74.